The van der Waals surface area contributed by atoms with Crippen LogP contribution in [0.4, 0.5) is 4.79 Å². The minimum atomic E-state index is -0.530. The summed E-state index contributed by atoms with van der Waals surface area (Å²) in [6, 6.07) is 0.0281. The lowest BCUT2D eigenvalue weighted by molar-refractivity contribution is -0.246. The molecule has 7 nitrogen and oxygen atoms in total. The highest BCUT2D eigenvalue weighted by molar-refractivity contribution is 5.76. The first kappa shape index (κ1) is 26.7. The first-order valence-electron chi connectivity index (χ1n) is 11.3. The van der Waals surface area contributed by atoms with E-state index in [0.29, 0.717) is 31.6 Å². The van der Waals surface area contributed by atoms with Crippen molar-refractivity contribution in [1.29, 1.82) is 0 Å². The predicted octanol–water partition coefficient (Wildman–Crippen LogP) is 4.62. The molecule has 0 spiro atoms. The Morgan fingerprint density at radius 2 is 1.67 bits per heavy atom. The van der Waals surface area contributed by atoms with Gasteiger partial charge >= 0.3 is 6.09 Å². The normalized spacial score (nSPS) is 20.6. The van der Waals surface area contributed by atoms with Gasteiger partial charge in [-0.15, -0.1) is 0 Å². The molecule has 30 heavy (non-hydrogen) atoms. The number of piperidine rings is 1. The minimum Gasteiger partial charge on any atom is -0.444 e. The molecule has 1 heterocycles. The molecule has 7 heteroatoms. The summed E-state index contributed by atoms with van der Waals surface area (Å²) < 4.78 is 5.37. The largest absolute Gasteiger partial charge is 0.444 e. The third kappa shape index (κ3) is 9.21. The van der Waals surface area contributed by atoms with Gasteiger partial charge in [0.15, 0.2) is 0 Å². The lowest BCUT2D eigenvalue weighted by Gasteiger charge is -2.51. The number of nitrogens with zero attached hydrogens (tertiary/aromatic N) is 1. The minimum absolute atomic E-state index is 0.0110. The van der Waals surface area contributed by atoms with Crippen molar-refractivity contribution in [3.8, 4) is 0 Å². The van der Waals surface area contributed by atoms with Gasteiger partial charge in [0, 0.05) is 29.6 Å². The second-order valence-corrected chi connectivity index (χ2v) is 11.5. The quantitative estimate of drug-likeness (QED) is 0.526. The van der Waals surface area contributed by atoms with Crippen LogP contribution in [0.15, 0.2) is 0 Å². The van der Waals surface area contributed by atoms with Crippen molar-refractivity contribution >= 4 is 12.0 Å². The van der Waals surface area contributed by atoms with Crippen LogP contribution in [-0.2, 0) is 9.53 Å². The fourth-order valence-electron chi connectivity index (χ4n) is 4.47. The standard InChI is InChI=1S/C23H45N3O4/c1-16(2)13-17(25-20(28)30-21(3,4)5)11-10-12-19(27)24-18-14-22(6,7)26(29)23(8,9)15-18/h16-18,29H,10-15H2,1-9H3,(H,24,27)(H,25,28)/t17-/m1/s1. The van der Waals surface area contributed by atoms with E-state index in [1.54, 1.807) is 0 Å². The summed E-state index contributed by atoms with van der Waals surface area (Å²) in [7, 11) is 0. The number of hydrogen-bond donors (Lipinski definition) is 3. The molecule has 1 fully saturated rings. The highest BCUT2D eigenvalue weighted by Crippen LogP contribution is 2.36. The van der Waals surface area contributed by atoms with Crippen LogP contribution in [0.5, 0.6) is 0 Å². The van der Waals surface area contributed by atoms with Crippen LogP contribution in [0.3, 0.4) is 0 Å². The number of nitrogens with one attached hydrogen (secondary N) is 2. The number of carbonyl (C=O) groups is 2. The maximum Gasteiger partial charge on any atom is 0.407 e. The van der Waals surface area contributed by atoms with Gasteiger partial charge in [0.1, 0.15) is 5.60 Å². The Morgan fingerprint density at radius 1 is 1.13 bits per heavy atom. The summed E-state index contributed by atoms with van der Waals surface area (Å²) in [6.45, 7) is 17.7. The molecule has 0 aromatic heterocycles. The average molecular weight is 428 g/mol. The molecule has 0 aromatic rings. The Balaban J connectivity index is 2.52. The fraction of sp³-hybridized carbons (Fsp3) is 0.913. The molecular formula is C23H45N3O4. The molecule has 1 atom stereocenters. The molecule has 3 N–H and O–H groups in total. The van der Waals surface area contributed by atoms with Gasteiger partial charge in [-0.25, -0.2) is 4.79 Å². The zero-order valence-corrected chi connectivity index (χ0v) is 20.6. The van der Waals surface area contributed by atoms with Gasteiger partial charge in [0.05, 0.1) is 0 Å². The first-order chi connectivity index (χ1) is 13.5. The molecular weight excluding hydrogens is 382 g/mol. The van der Waals surface area contributed by atoms with E-state index in [0.717, 1.165) is 12.8 Å². The van der Waals surface area contributed by atoms with Crippen molar-refractivity contribution in [3.05, 3.63) is 0 Å². The van der Waals surface area contributed by atoms with Crippen molar-refractivity contribution < 1.29 is 19.5 Å². The van der Waals surface area contributed by atoms with E-state index in [-0.39, 0.29) is 29.1 Å². The Kier molecular flexibility index (Phi) is 9.18. The molecule has 0 bridgehead atoms. The van der Waals surface area contributed by atoms with Gasteiger partial charge in [0.25, 0.3) is 0 Å². The summed E-state index contributed by atoms with van der Waals surface area (Å²) in [5, 5.41) is 17.9. The molecule has 0 unspecified atom stereocenters. The third-order valence-corrected chi connectivity index (χ3v) is 5.44. The summed E-state index contributed by atoms with van der Waals surface area (Å²) in [4.78, 5) is 24.7. The Morgan fingerprint density at radius 3 is 2.13 bits per heavy atom. The van der Waals surface area contributed by atoms with Crippen molar-refractivity contribution in [2.75, 3.05) is 0 Å². The summed E-state index contributed by atoms with van der Waals surface area (Å²) in [5.41, 5.74) is -1.31. The number of alkyl carbamates (subject to hydrolysis) is 1. The van der Waals surface area contributed by atoms with E-state index in [9.17, 15) is 14.8 Å². The highest BCUT2D eigenvalue weighted by Gasteiger charge is 2.45. The molecule has 0 radical (unpaired) electrons. The summed E-state index contributed by atoms with van der Waals surface area (Å²) >= 11 is 0. The maximum absolute atomic E-state index is 12.5. The smallest absolute Gasteiger partial charge is 0.407 e. The Bertz CT molecular complexity index is 563. The van der Waals surface area contributed by atoms with Crippen molar-refractivity contribution in [3.63, 3.8) is 0 Å². The topological polar surface area (TPSA) is 90.9 Å². The van der Waals surface area contributed by atoms with E-state index >= 15 is 0 Å². The molecule has 1 aliphatic heterocycles. The van der Waals surface area contributed by atoms with Crippen LogP contribution in [0.25, 0.3) is 0 Å². The third-order valence-electron chi connectivity index (χ3n) is 5.44. The van der Waals surface area contributed by atoms with Crippen molar-refractivity contribution in [1.82, 2.24) is 15.7 Å². The number of ether oxygens (including phenoxy) is 1. The van der Waals surface area contributed by atoms with Crippen LogP contribution in [0, 0.1) is 5.92 Å². The number of rotatable bonds is 8. The van der Waals surface area contributed by atoms with Crippen LogP contribution in [0.1, 0.15) is 101 Å². The number of hydroxylamine groups is 2. The zero-order chi connectivity index (χ0) is 23.3. The Hall–Kier alpha value is -1.34. The van der Waals surface area contributed by atoms with E-state index in [1.807, 2.05) is 48.5 Å². The first-order valence-corrected chi connectivity index (χ1v) is 11.3. The molecule has 0 aromatic carbocycles. The van der Waals surface area contributed by atoms with E-state index in [4.69, 9.17) is 4.74 Å². The molecule has 1 rings (SSSR count). The van der Waals surface area contributed by atoms with Gasteiger partial charge in [0.2, 0.25) is 5.91 Å². The second kappa shape index (κ2) is 10.3. The van der Waals surface area contributed by atoms with Gasteiger partial charge in [-0.3, -0.25) is 4.79 Å². The molecule has 0 aliphatic carbocycles. The number of amides is 2. The molecule has 1 saturated heterocycles. The highest BCUT2D eigenvalue weighted by atomic mass is 16.6. The van der Waals surface area contributed by atoms with Crippen LogP contribution >= 0.6 is 0 Å². The number of carbonyl (C=O) groups excluding carboxylic acids is 2. The Labute approximate surface area is 183 Å². The van der Waals surface area contributed by atoms with Crippen LogP contribution in [0.2, 0.25) is 0 Å². The molecule has 0 saturated carbocycles. The van der Waals surface area contributed by atoms with E-state index in [2.05, 4.69) is 24.5 Å². The summed E-state index contributed by atoms with van der Waals surface area (Å²) in [6.07, 6.45) is 3.70. The molecule has 176 valence electrons. The van der Waals surface area contributed by atoms with Crippen molar-refractivity contribution in [2.45, 2.75) is 130 Å². The van der Waals surface area contributed by atoms with Gasteiger partial charge in [-0.1, -0.05) is 13.8 Å². The van der Waals surface area contributed by atoms with E-state index < -0.39 is 11.7 Å². The lowest BCUT2D eigenvalue weighted by atomic mass is 9.79. The average Bonchev–Trinajstić information content (AvgIpc) is 2.49. The van der Waals surface area contributed by atoms with E-state index in [1.165, 1.54) is 5.06 Å². The number of hydrogen-bond acceptors (Lipinski definition) is 5. The molecule has 2 amide bonds. The fourth-order valence-corrected chi connectivity index (χ4v) is 4.47. The van der Waals surface area contributed by atoms with Crippen molar-refractivity contribution in [2.24, 2.45) is 5.92 Å². The molecule has 1 aliphatic rings. The SMILES string of the molecule is CC(C)C[C@@H](CCCC(=O)NC1CC(C)(C)N(O)C(C)(C)C1)NC(=O)OC(C)(C)C. The van der Waals surface area contributed by atoms with Gasteiger partial charge in [-0.2, -0.15) is 5.06 Å². The van der Waals surface area contributed by atoms with Crippen LogP contribution < -0.4 is 10.6 Å². The lowest BCUT2D eigenvalue weighted by Crippen LogP contribution is -2.62. The van der Waals surface area contributed by atoms with Crippen LogP contribution in [-0.4, -0.2) is 51.0 Å². The second-order valence-electron chi connectivity index (χ2n) is 11.5. The predicted molar refractivity (Wildman–Crippen MR) is 119 cm³/mol. The monoisotopic (exact) mass is 427 g/mol. The van der Waals surface area contributed by atoms with Gasteiger partial charge in [-0.05, 0) is 86.5 Å². The van der Waals surface area contributed by atoms with Gasteiger partial charge < -0.3 is 20.6 Å². The summed E-state index contributed by atoms with van der Waals surface area (Å²) in [5.74, 6) is 0.463. The zero-order valence-electron chi connectivity index (χ0n) is 20.6. The maximum atomic E-state index is 12.5.